The van der Waals surface area contributed by atoms with Gasteiger partial charge in [-0.05, 0) is 23.8 Å². The van der Waals surface area contributed by atoms with Crippen LogP contribution in [0.2, 0.25) is 5.02 Å². The number of imidazole rings is 1. The molecule has 0 amide bonds. The molecule has 0 spiro atoms. The van der Waals surface area contributed by atoms with Crippen molar-refractivity contribution in [3.8, 4) is 11.1 Å². The summed E-state index contributed by atoms with van der Waals surface area (Å²) in [6, 6.07) is 11.9. The fourth-order valence-corrected chi connectivity index (χ4v) is 2.31. The normalized spacial score (nSPS) is 11.0. The standard InChI is InChI=1S/C14H12ClN3/c15-13-4-2-1-3-12(13)10-5-6-18-11(7-10)9-17-14(18)8-16/h1-7,9H,8,16H2. The molecular formula is C14H12ClN3. The molecule has 2 heterocycles. The number of fused-ring (bicyclic) bond motifs is 1. The molecule has 3 nitrogen and oxygen atoms in total. The zero-order valence-electron chi connectivity index (χ0n) is 9.68. The largest absolute Gasteiger partial charge is 0.324 e. The van der Waals surface area contributed by atoms with Gasteiger partial charge in [0.2, 0.25) is 0 Å². The lowest BCUT2D eigenvalue weighted by atomic mass is 10.1. The maximum absolute atomic E-state index is 6.20. The summed E-state index contributed by atoms with van der Waals surface area (Å²) in [7, 11) is 0. The van der Waals surface area contributed by atoms with Crippen LogP contribution in [0.25, 0.3) is 16.6 Å². The van der Waals surface area contributed by atoms with E-state index in [4.69, 9.17) is 17.3 Å². The van der Waals surface area contributed by atoms with Crippen LogP contribution in [-0.2, 0) is 6.54 Å². The monoisotopic (exact) mass is 257 g/mol. The lowest BCUT2D eigenvalue weighted by Crippen LogP contribution is -2.02. The first-order valence-corrected chi connectivity index (χ1v) is 6.08. The van der Waals surface area contributed by atoms with Crippen LogP contribution in [-0.4, -0.2) is 9.38 Å². The first-order valence-electron chi connectivity index (χ1n) is 5.70. The van der Waals surface area contributed by atoms with Crippen LogP contribution >= 0.6 is 11.6 Å². The van der Waals surface area contributed by atoms with Crippen molar-refractivity contribution in [3.05, 3.63) is 59.6 Å². The third kappa shape index (κ3) is 1.78. The van der Waals surface area contributed by atoms with E-state index in [1.54, 1.807) is 0 Å². The molecule has 3 rings (SSSR count). The molecule has 1 aromatic carbocycles. The lowest BCUT2D eigenvalue weighted by molar-refractivity contribution is 0.904. The van der Waals surface area contributed by atoms with E-state index in [1.807, 2.05) is 47.1 Å². The summed E-state index contributed by atoms with van der Waals surface area (Å²) in [6.45, 7) is 0.430. The summed E-state index contributed by atoms with van der Waals surface area (Å²) in [4.78, 5) is 4.28. The van der Waals surface area contributed by atoms with Crippen molar-refractivity contribution in [1.82, 2.24) is 9.38 Å². The number of benzene rings is 1. The van der Waals surface area contributed by atoms with E-state index in [0.717, 1.165) is 27.5 Å². The Hall–Kier alpha value is -1.84. The summed E-state index contributed by atoms with van der Waals surface area (Å²) in [5.74, 6) is 0.857. The van der Waals surface area contributed by atoms with E-state index >= 15 is 0 Å². The van der Waals surface area contributed by atoms with E-state index in [2.05, 4.69) is 11.1 Å². The molecule has 0 atom stereocenters. The van der Waals surface area contributed by atoms with Crippen molar-refractivity contribution < 1.29 is 0 Å². The average Bonchev–Trinajstić information content (AvgIpc) is 2.81. The molecule has 0 unspecified atom stereocenters. The average molecular weight is 258 g/mol. The van der Waals surface area contributed by atoms with Gasteiger partial charge < -0.3 is 10.1 Å². The van der Waals surface area contributed by atoms with Gasteiger partial charge >= 0.3 is 0 Å². The molecule has 90 valence electrons. The summed E-state index contributed by atoms with van der Waals surface area (Å²) < 4.78 is 1.99. The Morgan fingerprint density at radius 1 is 1.22 bits per heavy atom. The second-order valence-corrected chi connectivity index (χ2v) is 4.48. The van der Waals surface area contributed by atoms with Crippen molar-refractivity contribution in [3.63, 3.8) is 0 Å². The minimum absolute atomic E-state index is 0.430. The van der Waals surface area contributed by atoms with Crippen molar-refractivity contribution >= 4 is 17.1 Å². The number of pyridine rings is 1. The quantitative estimate of drug-likeness (QED) is 0.767. The fourth-order valence-electron chi connectivity index (χ4n) is 2.07. The summed E-state index contributed by atoms with van der Waals surface area (Å²) in [5.41, 5.74) is 8.76. The van der Waals surface area contributed by atoms with Crippen LogP contribution in [0.4, 0.5) is 0 Å². The topological polar surface area (TPSA) is 43.3 Å². The van der Waals surface area contributed by atoms with Gasteiger partial charge in [0.1, 0.15) is 5.82 Å². The van der Waals surface area contributed by atoms with Crippen molar-refractivity contribution in [2.24, 2.45) is 5.73 Å². The Morgan fingerprint density at radius 3 is 2.83 bits per heavy atom. The molecule has 0 saturated heterocycles. The van der Waals surface area contributed by atoms with Crippen LogP contribution < -0.4 is 5.73 Å². The minimum Gasteiger partial charge on any atom is -0.324 e. The predicted molar refractivity (Wildman–Crippen MR) is 73.5 cm³/mol. The zero-order chi connectivity index (χ0) is 12.5. The van der Waals surface area contributed by atoms with E-state index in [-0.39, 0.29) is 0 Å². The van der Waals surface area contributed by atoms with Crippen LogP contribution in [0.3, 0.4) is 0 Å². The molecular weight excluding hydrogens is 246 g/mol. The first-order chi connectivity index (χ1) is 8.79. The maximum atomic E-state index is 6.20. The second kappa shape index (κ2) is 4.44. The van der Waals surface area contributed by atoms with Gasteiger partial charge in [-0.3, -0.25) is 0 Å². The van der Waals surface area contributed by atoms with Gasteiger partial charge in [0.25, 0.3) is 0 Å². The Kier molecular flexibility index (Phi) is 2.78. The number of hydrogen-bond donors (Lipinski definition) is 1. The van der Waals surface area contributed by atoms with Gasteiger partial charge in [0, 0.05) is 16.8 Å². The van der Waals surface area contributed by atoms with Crippen molar-refractivity contribution in [2.45, 2.75) is 6.54 Å². The van der Waals surface area contributed by atoms with Crippen molar-refractivity contribution in [1.29, 1.82) is 0 Å². The van der Waals surface area contributed by atoms with E-state index < -0.39 is 0 Å². The Balaban J connectivity index is 2.17. The third-order valence-electron chi connectivity index (χ3n) is 2.98. The maximum Gasteiger partial charge on any atom is 0.127 e. The van der Waals surface area contributed by atoms with E-state index in [9.17, 15) is 0 Å². The highest BCUT2D eigenvalue weighted by Gasteiger charge is 2.06. The van der Waals surface area contributed by atoms with Crippen LogP contribution in [0, 0.1) is 0 Å². The highest BCUT2D eigenvalue weighted by molar-refractivity contribution is 6.33. The lowest BCUT2D eigenvalue weighted by Gasteiger charge is -2.05. The summed E-state index contributed by atoms with van der Waals surface area (Å²) in [5, 5.41) is 0.750. The van der Waals surface area contributed by atoms with Crippen molar-refractivity contribution in [2.75, 3.05) is 0 Å². The molecule has 0 radical (unpaired) electrons. The molecule has 0 saturated carbocycles. The van der Waals surface area contributed by atoms with Crippen LogP contribution in [0.1, 0.15) is 5.82 Å². The summed E-state index contributed by atoms with van der Waals surface area (Å²) >= 11 is 6.20. The molecule has 0 fully saturated rings. The predicted octanol–water partition coefficient (Wildman–Crippen LogP) is 3.11. The smallest absolute Gasteiger partial charge is 0.127 e. The fraction of sp³-hybridized carbons (Fsp3) is 0.0714. The highest BCUT2D eigenvalue weighted by atomic mass is 35.5. The van der Waals surface area contributed by atoms with Gasteiger partial charge in [-0.25, -0.2) is 4.98 Å². The van der Waals surface area contributed by atoms with E-state index in [0.29, 0.717) is 6.54 Å². The molecule has 2 N–H and O–H groups in total. The number of hydrogen-bond acceptors (Lipinski definition) is 2. The van der Waals surface area contributed by atoms with Gasteiger partial charge in [0.05, 0.1) is 18.3 Å². The Morgan fingerprint density at radius 2 is 2.06 bits per heavy atom. The number of halogens is 1. The molecule has 0 aliphatic carbocycles. The van der Waals surface area contributed by atoms with Gasteiger partial charge in [-0.1, -0.05) is 29.8 Å². The van der Waals surface area contributed by atoms with Gasteiger partial charge in [-0.15, -0.1) is 0 Å². The number of nitrogens with zero attached hydrogens (tertiary/aromatic N) is 2. The SMILES string of the molecule is NCc1ncc2cc(-c3ccccc3Cl)ccn12. The van der Waals surface area contributed by atoms with Gasteiger partial charge in [-0.2, -0.15) is 0 Å². The zero-order valence-corrected chi connectivity index (χ0v) is 10.4. The Bertz CT molecular complexity index is 703. The molecule has 2 aromatic heterocycles. The second-order valence-electron chi connectivity index (χ2n) is 4.07. The first kappa shape index (κ1) is 11.3. The number of nitrogens with two attached hydrogens (primary N) is 1. The van der Waals surface area contributed by atoms with Gasteiger partial charge in [0.15, 0.2) is 0 Å². The van der Waals surface area contributed by atoms with Crippen LogP contribution in [0.5, 0.6) is 0 Å². The summed E-state index contributed by atoms with van der Waals surface area (Å²) in [6.07, 6.45) is 3.80. The molecule has 0 aliphatic heterocycles. The molecule has 4 heteroatoms. The molecule has 0 aliphatic rings. The molecule has 3 aromatic rings. The van der Waals surface area contributed by atoms with Crippen LogP contribution in [0.15, 0.2) is 48.8 Å². The number of aromatic nitrogens is 2. The molecule has 18 heavy (non-hydrogen) atoms. The highest BCUT2D eigenvalue weighted by Crippen LogP contribution is 2.28. The van der Waals surface area contributed by atoms with E-state index in [1.165, 1.54) is 0 Å². The third-order valence-corrected chi connectivity index (χ3v) is 3.31. The minimum atomic E-state index is 0.430. The Labute approximate surface area is 110 Å². The number of rotatable bonds is 2. The molecule has 0 bridgehead atoms.